The third kappa shape index (κ3) is 5.85. The van der Waals surface area contributed by atoms with Gasteiger partial charge in [0.15, 0.2) is 5.78 Å². The number of pyridine rings is 1. The van der Waals surface area contributed by atoms with E-state index in [0.29, 0.717) is 6.54 Å². The van der Waals surface area contributed by atoms with Crippen molar-refractivity contribution in [3.8, 4) is 0 Å². The number of nitrogens with zero attached hydrogens (tertiary/aromatic N) is 3. The first-order chi connectivity index (χ1) is 14.4. The number of rotatable bonds is 11. The van der Waals surface area contributed by atoms with Gasteiger partial charge in [-0.3, -0.25) is 19.7 Å². The average Bonchev–Trinajstić information content (AvgIpc) is 3.63. The molecule has 2 fully saturated rings. The van der Waals surface area contributed by atoms with E-state index in [1.54, 1.807) is 6.20 Å². The van der Waals surface area contributed by atoms with Crippen molar-refractivity contribution in [1.29, 1.82) is 0 Å². The number of likely N-dealkylation sites (N-methyl/N-ethyl adjacent to an activating group) is 1. The molecule has 1 heterocycles. The lowest BCUT2D eigenvalue weighted by molar-refractivity contribution is -0.117. The van der Waals surface area contributed by atoms with E-state index in [2.05, 4.69) is 56.6 Å². The molecule has 0 radical (unpaired) electrons. The van der Waals surface area contributed by atoms with Crippen LogP contribution in [0.1, 0.15) is 68.8 Å². The van der Waals surface area contributed by atoms with E-state index in [1.165, 1.54) is 16.7 Å². The maximum atomic E-state index is 13.2. The van der Waals surface area contributed by atoms with Crippen molar-refractivity contribution in [2.75, 3.05) is 13.6 Å². The largest absolute Gasteiger partial charge is 0.294 e. The minimum Gasteiger partial charge on any atom is -0.294 e. The summed E-state index contributed by atoms with van der Waals surface area (Å²) in [6.45, 7) is 10.7. The molecule has 1 unspecified atom stereocenters. The zero-order chi connectivity index (χ0) is 21.7. The highest BCUT2D eigenvalue weighted by Gasteiger charge is 2.33. The number of Topliss-reactive ketones (excluding diaryl/α,β-unsaturated/α-hetero) is 1. The first kappa shape index (κ1) is 22.4. The number of hydrogen-bond acceptors (Lipinski definition) is 4. The molecule has 160 valence electrons. The lowest BCUT2D eigenvalue weighted by Crippen LogP contribution is -2.29. The van der Waals surface area contributed by atoms with E-state index in [1.807, 2.05) is 12.3 Å². The van der Waals surface area contributed by atoms with Gasteiger partial charge in [-0.25, -0.2) is 0 Å². The number of allylic oxidation sites excluding steroid dienone is 4. The Hall–Kier alpha value is -2.33. The van der Waals surface area contributed by atoms with Gasteiger partial charge in [0.25, 0.3) is 0 Å². The van der Waals surface area contributed by atoms with Gasteiger partial charge in [-0.1, -0.05) is 25.0 Å². The number of carbonyl (C=O) groups excluding carboxylic acids is 1. The summed E-state index contributed by atoms with van der Waals surface area (Å²) < 4.78 is 0. The fourth-order valence-electron chi connectivity index (χ4n) is 3.69. The van der Waals surface area contributed by atoms with Crippen molar-refractivity contribution in [1.82, 2.24) is 9.88 Å². The molecule has 0 aromatic carbocycles. The molecule has 3 rings (SSSR count). The fourth-order valence-corrected chi connectivity index (χ4v) is 3.69. The van der Waals surface area contributed by atoms with Crippen molar-refractivity contribution >= 4 is 12.5 Å². The molecule has 0 N–H and O–H groups in total. The summed E-state index contributed by atoms with van der Waals surface area (Å²) >= 11 is 0. The van der Waals surface area contributed by atoms with Crippen LogP contribution in [-0.2, 0) is 11.2 Å². The van der Waals surface area contributed by atoms with Gasteiger partial charge in [0.1, 0.15) is 0 Å². The Morgan fingerprint density at radius 3 is 2.70 bits per heavy atom. The van der Waals surface area contributed by atoms with E-state index >= 15 is 0 Å². The van der Waals surface area contributed by atoms with Crippen LogP contribution in [0.2, 0.25) is 0 Å². The molecule has 1 aromatic heterocycles. The van der Waals surface area contributed by atoms with Crippen LogP contribution in [0.4, 0.5) is 0 Å². The van der Waals surface area contributed by atoms with Crippen molar-refractivity contribution in [2.45, 2.75) is 65.3 Å². The Kier molecular flexibility index (Phi) is 7.54. The molecule has 30 heavy (non-hydrogen) atoms. The highest BCUT2D eigenvalue weighted by atomic mass is 16.1. The lowest BCUT2D eigenvalue weighted by atomic mass is 9.98. The second kappa shape index (κ2) is 10.1. The van der Waals surface area contributed by atoms with Crippen LogP contribution in [0.25, 0.3) is 0 Å². The number of ketones is 1. The molecule has 4 heteroatoms. The molecular weight excluding hydrogens is 370 g/mol. The molecule has 4 nitrogen and oxygen atoms in total. The quantitative estimate of drug-likeness (QED) is 0.276. The molecule has 1 atom stereocenters. The van der Waals surface area contributed by atoms with Gasteiger partial charge in [-0.05, 0) is 88.6 Å². The zero-order valence-corrected chi connectivity index (χ0v) is 18.9. The van der Waals surface area contributed by atoms with Gasteiger partial charge in [-0.15, -0.1) is 0 Å². The zero-order valence-electron chi connectivity index (χ0n) is 18.9. The number of hydrogen-bond donors (Lipinski definition) is 0. The summed E-state index contributed by atoms with van der Waals surface area (Å²) in [6, 6.07) is 2.32. The summed E-state index contributed by atoms with van der Waals surface area (Å²) in [6.07, 6.45) is 14.3. The van der Waals surface area contributed by atoms with Gasteiger partial charge in [0, 0.05) is 36.5 Å². The first-order valence-corrected chi connectivity index (χ1v) is 11.2. The maximum Gasteiger partial charge on any atom is 0.163 e. The highest BCUT2D eigenvalue weighted by Crippen LogP contribution is 2.36. The predicted octanol–water partition coefficient (Wildman–Crippen LogP) is 5.55. The molecule has 1 aromatic rings. The van der Waals surface area contributed by atoms with Crippen LogP contribution in [0.15, 0.2) is 52.3 Å². The topological polar surface area (TPSA) is 45.6 Å². The lowest BCUT2D eigenvalue weighted by Gasteiger charge is -2.26. The minimum absolute atomic E-state index is 0.123. The molecule has 2 aliphatic carbocycles. The third-order valence-corrected chi connectivity index (χ3v) is 6.11. The molecule has 0 spiro atoms. The second-order valence-corrected chi connectivity index (χ2v) is 8.75. The van der Waals surface area contributed by atoms with E-state index in [-0.39, 0.29) is 17.7 Å². The van der Waals surface area contributed by atoms with E-state index < -0.39 is 0 Å². The SMILES string of the molecule is C=N/C=C\C(C=C1CC1)=C(\CN(C)C(C)c1cc(C)c(CCC)cn1)C(=O)C1CC1. The van der Waals surface area contributed by atoms with E-state index in [9.17, 15) is 4.79 Å². The van der Waals surface area contributed by atoms with Gasteiger partial charge in [0.2, 0.25) is 0 Å². The van der Waals surface area contributed by atoms with Crippen LogP contribution in [0.5, 0.6) is 0 Å². The molecule has 0 aliphatic heterocycles. The van der Waals surface area contributed by atoms with Gasteiger partial charge >= 0.3 is 0 Å². The molecule has 0 saturated heterocycles. The normalized spacial score (nSPS) is 17.8. The van der Waals surface area contributed by atoms with Gasteiger partial charge in [-0.2, -0.15) is 0 Å². The molecule has 2 saturated carbocycles. The minimum atomic E-state index is 0.123. The van der Waals surface area contributed by atoms with Crippen LogP contribution >= 0.6 is 0 Å². The summed E-state index contributed by atoms with van der Waals surface area (Å²) in [5, 5.41) is 0. The number of carbonyl (C=O) groups is 1. The van der Waals surface area contributed by atoms with Crippen LogP contribution < -0.4 is 0 Å². The Morgan fingerprint density at radius 2 is 2.13 bits per heavy atom. The summed E-state index contributed by atoms with van der Waals surface area (Å²) in [7, 11) is 2.08. The smallest absolute Gasteiger partial charge is 0.163 e. The fraction of sp³-hybridized carbons (Fsp3) is 0.500. The predicted molar refractivity (Wildman–Crippen MR) is 125 cm³/mol. The Balaban J connectivity index is 1.86. The second-order valence-electron chi connectivity index (χ2n) is 8.75. The van der Waals surface area contributed by atoms with Gasteiger partial charge < -0.3 is 0 Å². The summed E-state index contributed by atoms with van der Waals surface area (Å²) in [5.41, 5.74) is 6.96. The van der Waals surface area contributed by atoms with Crippen molar-refractivity contribution < 1.29 is 4.79 Å². The summed E-state index contributed by atoms with van der Waals surface area (Å²) in [4.78, 5) is 24.0. The maximum absolute atomic E-state index is 13.2. The number of aryl methyl sites for hydroxylation is 2. The Labute approximate surface area is 181 Å². The summed E-state index contributed by atoms with van der Waals surface area (Å²) in [5.74, 6) is 0.479. The van der Waals surface area contributed by atoms with Crippen LogP contribution in [0, 0.1) is 12.8 Å². The van der Waals surface area contributed by atoms with Crippen LogP contribution in [0.3, 0.4) is 0 Å². The van der Waals surface area contributed by atoms with Gasteiger partial charge in [0.05, 0.1) is 5.69 Å². The first-order valence-electron chi connectivity index (χ1n) is 11.2. The Morgan fingerprint density at radius 1 is 1.40 bits per heavy atom. The number of aromatic nitrogens is 1. The monoisotopic (exact) mass is 405 g/mol. The Bertz CT molecular complexity index is 884. The standard InChI is InChI=1S/C26H35N3O/c1-6-7-23-16-28-25(14-18(23)2)19(3)29(5)17-24(26(30)21-10-11-21)22(12-13-27-4)15-20-8-9-20/h12-16,19,21H,4,6-11,17H2,1-3,5H3/b13-12-,24-22+. The molecule has 0 bridgehead atoms. The molecule has 0 amide bonds. The van der Waals surface area contributed by atoms with E-state index in [0.717, 1.165) is 55.4 Å². The van der Waals surface area contributed by atoms with Crippen molar-refractivity contribution in [3.63, 3.8) is 0 Å². The molecular formula is C26H35N3O. The number of aliphatic imine (C=N–C) groups is 1. The van der Waals surface area contributed by atoms with Crippen molar-refractivity contribution in [3.05, 3.63) is 64.2 Å². The third-order valence-electron chi connectivity index (χ3n) is 6.11. The highest BCUT2D eigenvalue weighted by molar-refractivity contribution is 6.00. The van der Waals surface area contributed by atoms with Crippen molar-refractivity contribution in [2.24, 2.45) is 10.9 Å². The van der Waals surface area contributed by atoms with Crippen LogP contribution in [-0.4, -0.2) is 36.0 Å². The van der Waals surface area contributed by atoms with E-state index in [4.69, 9.17) is 4.98 Å². The molecule has 2 aliphatic rings. The average molecular weight is 406 g/mol.